The number of halogens is 1. The molecule has 108 valence electrons. The Hall–Kier alpha value is -2.38. The molecule has 0 spiro atoms. The van der Waals surface area contributed by atoms with E-state index in [9.17, 15) is 9.50 Å². The maximum atomic E-state index is 13.3. The highest BCUT2D eigenvalue weighted by Crippen LogP contribution is 2.27. The third-order valence-corrected chi connectivity index (χ3v) is 3.21. The fourth-order valence-electron chi connectivity index (χ4n) is 2.02. The van der Waals surface area contributed by atoms with Gasteiger partial charge in [0.25, 0.3) is 0 Å². The van der Waals surface area contributed by atoms with Crippen LogP contribution in [0, 0.1) is 17.1 Å². The van der Waals surface area contributed by atoms with E-state index in [1.165, 1.54) is 12.1 Å². The minimum absolute atomic E-state index is 0.00187. The molecule has 0 aliphatic heterocycles. The zero-order valence-electron chi connectivity index (χ0n) is 11.7. The Morgan fingerprint density at radius 3 is 2.76 bits per heavy atom. The minimum atomic E-state index is -0.580. The molecule has 2 aromatic rings. The average molecular weight is 285 g/mol. The van der Waals surface area contributed by atoms with Crippen LogP contribution in [-0.4, -0.2) is 5.11 Å². The fourth-order valence-corrected chi connectivity index (χ4v) is 2.02. The fraction of sp³-hybridized carbons (Fsp3) is 0.235. The van der Waals surface area contributed by atoms with Gasteiger partial charge in [-0.25, -0.2) is 4.39 Å². The lowest BCUT2D eigenvalue weighted by atomic mass is 10.1. The molecular weight excluding hydrogens is 269 g/mol. The number of hydrogen-bond acceptors (Lipinski definition) is 3. The van der Waals surface area contributed by atoms with Crippen molar-refractivity contribution < 1.29 is 14.2 Å². The molecule has 0 aliphatic rings. The lowest BCUT2D eigenvalue weighted by Crippen LogP contribution is -2.02. The van der Waals surface area contributed by atoms with Gasteiger partial charge in [0.05, 0.1) is 11.7 Å². The number of aliphatic hydroxyl groups is 1. The van der Waals surface area contributed by atoms with Gasteiger partial charge in [0, 0.05) is 5.56 Å². The van der Waals surface area contributed by atoms with Crippen LogP contribution in [0.3, 0.4) is 0 Å². The summed E-state index contributed by atoms with van der Waals surface area (Å²) in [7, 11) is 0. The van der Waals surface area contributed by atoms with Gasteiger partial charge in [0.15, 0.2) is 0 Å². The van der Waals surface area contributed by atoms with Crippen molar-refractivity contribution in [1.82, 2.24) is 0 Å². The molecule has 1 atom stereocenters. The SMILES string of the molecule is CCC(O)c1ccccc1OCc1ccc(F)c(C#N)c1. The third kappa shape index (κ3) is 3.59. The van der Waals surface area contributed by atoms with Gasteiger partial charge >= 0.3 is 0 Å². The highest BCUT2D eigenvalue weighted by molar-refractivity contribution is 5.37. The van der Waals surface area contributed by atoms with Crippen LogP contribution in [0.5, 0.6) is 5.75 Å². The Kier molecular flexibility index (Phi) is 4.91. The van der Waals surface area contributed by atoms with E-state index in [0.29, 0.717) is 17.7 Å². The van der Waals surface area contributed by atoms with Gasteiger partial charge in [-0.05, 0) is 30.2 Å². The van der Waals surface area contributed by atoms with Gasteiger partial charge < -0.3 is 9.84 Å². The second-order valence-electron chi connectivity index (χ2n) is 4.68. The second-order valence-corrected chi connectivity index (χ2v) is 4.68. The summed E-state index contributed by atoms with van der Waals surface area (Å²) in [5, 5.41) is 18.8. The Morgan fingerprint density at radius 2 is 2.05 bits per heavy atom. The van der Waals surface area contributed by atoms with Gasteiger partial charge in [0.1, 0.15) is 24.2 Å². The standard InChI is InChI=1S/C17H16FNO2/c1-2-16(20)14-5-3-4-6-17(14)21-11-12-7-8-15(18)13(9-12)10-19/h3-9,16,20H,2,11H2,1H3. The quantitative estimate of drug-likeness (QED) is 0.911. The van der Waals surface area contributed by atoms with Crippen LogP contribution in [0.4, 0.5) is 4.39 Å². The van der Waals surface area contributed by atoms with Gasteiger partial charge in [-0.2, -0.15) is 5.26 Å². The number of nitriles is 1. The van der Waals surface area contributed by atoms with Crippen LogP contribution in [0.1, 0.15) is 36.1 Å². The summed E-state index contributed by atoms with van der Waals surface area (Å²) < 4.78 is 18.9. The summed E-state index contributed by atoms with van der Waals surface area (Å²) in [5.41, 5.74) is 1.43. The maximum absolute atomic E-state index is 13.3. The molecule has 21 heavy (non-hydrogen) atoms. The number of nitrogens with zero attached hydrogens (tertiary/aromatic N) is 1. The van der Waals surface area contributed by atoms with E-state index in [1.54, 1.807) is 18.2 Å². The van der Waals surface area contributed by atoms with E-state index in [0.717, 1.165) is 5.56 Å². The van der Waals surface area contributed by atoms with Crippen LogP contribution in [-0.2, 0) is 6.61 Å². The largest absolute Gasteiger partial charge is 0.489 e. The lowest BCUT2D eigenvalue weighted by molar-refractivity contribution is 0.166. The predicted molar refractivity (Wildman–Crippen MR) is 77.1 cm³/mol. The normalized spacial score (nSPS) is 11.7. The second kappa shape index (κ2) is 6.87. The molecule has 2 rings (SSSR count). The molecule has 0 fully saturated rings. The van der Waals surface area contributed by atoms with Crippen LogP contribution in [0.25, 0.3) is 0 Å². The van der Waals surface area contributed by atoms with Crippen molar-refractivity contribution in [2.75, 3.05) is 0 Å². The molecule has 0 amide bonds. The molecule has 0 bridgehead atoms. The van der Waals surface area contributed by atoms with Crippen LogP contribution in [0.2, 0.25) is 0 Å². The Labute approximate surface area is 123 Å². The van der Waals surface area contributed by atoms with Crippen LogP contribution < -0.4 is 4.74 Å². The van der Waals surface area contributed by atoms with E-state index in [2.05, 4.69) is 0 Å². The van der Waals surface area contributed by atoms with Gasteiger partial charge in [-0.1, -0.05) is 31.2 Å². The highest BCUT2D eigenvalue weighted by atomic mass is 19.1. The zero-order chi connectivity index (χ0) is 15.2. The first-order valence-electron chi connectivity index (χ1n) is 6.74. The molecule has 1 N–H and O–H groups in total. The molecule has 4 heteroatoms. The molecule has 0 aliphatic carbocycles. The Morgan fingerprint density at radius 1 is 1.29 bits per heavy atom. The average Bonchev–Trinajstić information content (AvgIpc) is 2.53. The monoisotopic (exact) mass is 285 g/mol. The van der Waals surface area contributed by atoms with Gasteiger partial charge in [0.2, 0.25) is 0 Å². The van der Waals surface area contributed by atoms with E-state index in [4.69, 9.17) is 10.00 Å². The topological polar surface area (TPSA) is 53.2 Å². The van der Waals surface area contributed by atoms with Gasteiger partial charge in [-0.3, -0.25) is 0 Å². The summed E-state index contributed by atoms with van der Waals surface area (Å²) in [6, 6.07) is 13.4. The number of para-hydroxylation sites is 1. The van der Waals surface area contributed by atoms with Crippen molar-refractivity contribution in [3.05, 3.63) is 65.0 Å². The zero-order valence-corrected chi connectivity index (χ0v) is 11.7. The van der Waals surface area contributed by atoms with Crippen molar-refractivity contribution in [2.45, 2.75) is 26.1 Å². The smallest absolute Gasteiger partial charge is 0.140 e. The number of rotatable bonds is 5. The first kappa shape index (κ1) is 15.0. The number of benzene rings is 2. The van der Waals surface area contributed by atoms with E-state index in [-0.39, 0.29) is 12.2 Å². The summed E-state index contributed by atoms with van der Waals surface area (Å²) >= 11 is 0. The van der Waals surface area contributed by atoms with E-state index >= 15 is 0 Å². The first-order valence-corrected chi connectivity index (χ1v) is 6.74. The van der Waals surface area contributed by atoms with E-state index < -0.39 is 11.9 Å². The third-order valence-electron chi connectivity index (χ3n) is 3.21. The molecular formula is C17H16FNO2. The molecule has 0 radical (unpaired) electrons. The van der Waals surface area contributed by atoms with Crippen molar-refractivity contribution in [3.63, 3.8) is 0 Å². The van der Waals surface area contributed by atoms with Crippen LogP contribution in [0.15, 0.2) is 42.5 Å². The molecule has 0 aromatic heterocycles. The number of hydrogen-bond donors (Lipinski definition) is 1. The summed E-state index contributed by atoms with van der Waals surface area (Å²) in [5.74, 6) is 0.0535. The molecule has 0 saturated carbocycles. The first-order chi connectivity index (χ1) is 10.2. The molecule has 0 heterocycles. The summed E-state index contributed by atoms with van der Waals surface area (Å²) in [4.78, 5) is 0. The summed E-state index contributed by atoms with van der Waals surface area (Å²) in [6.07, 6.45) is 0.0132. The molecule has 1 unspecified atom stereocenters. The minimum Gasteiger partial charge on any atom is -0.489 e. The van der Waals surface area contributed by atoms with Crippen molar-refractivity contribution in [3.8, 4) is 11.8 Å². The van der Waals surface area contributed by atoms with Crippen molar-refractivity contribution >= 4 is 0 Å². The molecule has 0 saturated heterocycles. The van der Waals surface area contributed by atoms with Crippen molar-refractivity contribution in [2.24, 2.45) is 0 Å². The van der Waals surface area contributed by atoms with E-state index in [1.807, 2.05) is 25.1 Å². The van der Waals surface area contributed by atoms with Crippen molar-refractivity contribution in [1.29, 1.82) is 5.26 Å². The molecule has 2 aromatic carbocycles. The Bertz CT molecular complexity index is 664. The van der Waals surface area contributed by atoms with Gasteiger partial charge in [-0.15, -0.1) is 0 Å². The maximum Gasteiger partial charge on any atom is 0.140 e. The lowest BCUT2D eigenvalue weighted by Gasteiger charge is -2.15. The van der Waals surface area contributed by atoms with Crippen LogP contribution >= 0.6 is 0 Å². The molecule has 3 nitrogen and oxygen atoms in total. The number of aliphatic hydroxyl groups excluding tert-OH is 1. The predicted octanol–water partition coefficient (Wildman–Crippen LogP) is 3.72. The number of ether oxygens (including phenoxy) is 1. The summed E-state index contributed by atoms with van der Waals surface area (Å²) in [6.45, 7) is 2.10. The Balaban J connectivity index is 2.15. The highest BCUT2D eigenvalue weighted by Gasteiger charge is 2.11.